The van der Waals surface area contributed by atoms with Crippen molar-refractivity contribution in [1.29, 1.82) is 0 Å². The van der Waals surface area contributed by atoms with Crippen LogP contribution in [-0.2, 0) is 0 Å². The minimum atomic E-state index is -0.448. The van der Waals surface area contributed by atoms with Crippen molar-refractivity contribution >= 4 is 28.9 Å². The summed E-state index contributed by atoms with van der Waals surface area (Å²) in [5.74, 6) is -0.211. The number of halogens is 1. The number of aryl methyl sites for hydroxylation is 2. The van der Waals surface area contributed by atoms with Gasteiger partial charge in [-0.1, -0.05) is 6.07 Å². The molecule has 2 aromatic carbocycles. The number of rotatable bonds is 5. The molecule has 5 N–H and O–H groups in total. The maximum absolute atomic E-state index is 12.9. The SMILES string of the molecule is Cc1ccc(Nc2ncnc(NNC(=O)c3ccc(F)cc3)c2N)cc1C. The van der Waals surface area contributed by atoms with Gasteiger partial charge in [-0.2, -0.15) is 0 Å². The molecule has 7 nitrogen and oxygen atoms in total. The Hall–Kier alpha value is -3.68. The van der Waals surface area contributed by atoms with Gasteiger partial charge < -0.3 is 11.1 Å². The number of hydrogen-bond donors (Lipinski definition) is 4. The van der Waals surface area contributed by atoms with Crippen molar-refractivity contribution in [1.82, 2.24) is 15.4 Å². The molecule has 0 unspecified atom stereocenters. The molecule has 0 spiro atoms. The number of anilines is 4. The van der Waals surface area contributed by atoms with Crippen molar-refractivity contribution in [2.45, 2.75) is 13.8 Å². The van der Waals surface area contributed by atoms with E-state index in [0.717, 1.165) is 11.3 Å². The normalized spacial score (nSPS) is 10.3. The van der Waals surface area contributed by atoms with Crippen LogP contribution in [0.1, 0.15) is 21.5 Å². The van der Waals surface area contributed by atoms with E-state index in [4.69, 9.17) is 5.73 Å². The zero-order valence-electron chi connectivity index (χ0n) is 14.9. The maximum Gasteiger partial charge on any atom is 0.269 e. The Balaban J connectivity index is 1.71. The first-order valence-electron chi connectivity index (χ1n) is 8.20. The lowest BCUT2D eigenvalue weighted by Crippen LogP contribution is -2.30. The van der Waals surface area contributed by atoms with E-state index >= 15 is 0 Å². The third-order valence-corrected chi connectivity index (χ3v) is 4.05. The highest BCUT2D eigenvalue weighted by Gasteiger charge is 2.11. The molecule has 0 saturated heterocycles. The molecular weight excluding hydrogens is 347 g/mol. The third kappa shape index (κ3) is 4.30. The van der Waals surface area contributed by atoms with E-state index in [1.165, 1.54) is 36.2 Å². The first-order chi connectivity index (χ1) is 12.9. The average Bonchev–Trinajstić information content (AvgIpc) is 2.66. The molecule has 27 heavy (non-hydrogen) atoms. The van der Waals surface area contributed by atoms with E-state index in [2.05, 4.69) is 26.1 Å². The molecule has 1 amide bonds. The molecule has 0 saturated carbocycles. The van der Waals surface area contributed by atoms with Gasteiger partial charge in [0.1, 0.15) is 17.8 Å². The number of amides is 1. The van der Waals surface area contributed by atoms with Gasteiger partial charge in [-0.15, -0.1) is 0 Å². The molecule has 0 aliphatic heterocycles. The molecule has 0 radical (unpaired) electrons. The molecular formula is C19H19FN6O. The van der Waals surface area contributed by atoms with Crippen LogP contribution >= 0.6 is 0 Å². The molecule has 3 aromatic rings. The number of carbonyl (C=O) groups excluding carboxylic acids is 1. The number of nitrogens with one attached hydrogen (secondary N) is 3. The average molecular weight is 366 g/mol. The molecule has 138 valence electrons. The van der Waals surface area contributed by atoms with Crippen LogP contribution < -0.4 is 21.9 Å². The number of nitrogens with two attached hydrogens (primary N) is 1. The van der Waals surface area contributed by atoms with Crippen LogP contribution in [0.5, 0.6) is 0 Å². The van der Waals surface area contributed by atoms with E-state index in [1.54, 1.807) is 0 Å². The molecule has 0 atom stereocenters. The Morgan fingerprint density at radius 1 is 1.00 bits per heavy atom. The Morgan fingerprint density at radius 2 is 1.70 bits per heavy atom. The monoisotopic (exact) mass is 366 g/mol. The van der Waals surface area contributed by atoms with Gasteiger partial charge in [-0.25, -0.2) is 14.4 Å². The van der Waals surface area contributed by atoms with Crippen LogP contribution in [0.4, 0.5) is 27.4 Å². The van der Waals surface area contributed by atoms with Gasteiger partial charge in [0, 0.05) is 11.3 Å². The smallest absolute Gasteiger partial charge is 0.269 e. The number of hydrazine groups is 1. The second-order valence-electron chi connectivity index (χ2n) is 5.99. The number of benzene rings is 2. The molecule has 8 heteroatoms. The predicted octanol–water partition coefficient (Wildman–Crippen LogP) is 3.32. The van der Waals surface area contributed by atoms with E-state index in [1.807, 2.05) is 32.0 Å². The predicted molar refractivity (Wildman–Crippen MR) is 103 cm³/mol. The van der Waals surface area contributed by atoms with Crippen molar-refractivity contribution in [3.63, 3.8) is 0 Å². The molecule has 1 aromatic heterocycles. The van der Waals surface area contributed by atoms with Crippen LogP contribution in [0, 0.1) is 19.7 Å². The van der Waals surface area contributed by atoms with Crippen molar-refractivity contribution in [2.24, 2.45) is 0 Å². The standard InChI is InChI=1S/C19H19FN6O/c1-11-3-8-15(9-12(11)2)24-17-16(21)18(23-10-22-17)25-26-19(27)13-4-6-14(20)7-5-13/h3-10H,21H2,1-2H3,(H,26,27)(H2,22,23,24,25). The van der Waals surface area contributed by atoms with E-state index in [9.17, 15) is 9.18 Å². The molecule has 0 aliphatic rings. The second kappa shape index (κ2) is 7.69. The Labute approximate surface area is 155 Å². The van der Waals surface area contributed by atoms with Gasteiger partial charge >= 0.3 is 0 Å². The summed E-state index contributed by atoms with van der Waals surface area (Å²) in [5.41, 5.74) is 14.9. The summed E-state index contributed by atoms with van der Waals surface area (Å²) < 4.78 is 12.9. The number of nitrogens with zero attached hydrogens (tertiary/aromatic N) is 2. The Morgan fingerprint density at radius 3 is 2.41 bits per heavy atom. The fourth-order valence-corrected chi connectivity index (χ4v) is 2.34. The van der Waals surface area contributed by atoms with Crippen molar-refractivity contribution in [2.75, 3.05) is 16.5 Å². The topological polar surface area (TPSA) is 105 Å². The molecule has 0 bridgehead atoms. The van der Waals surface area contributed by atoms with Crippen molar-refractivity contribution < 1.29 is 9.18 Å². The molecule has 0 fully saturated rings. The highest BCUT2D eigenvalue weighted by molar-refractivity contribution is 5.95. The first-order valence-corrected chi connectivity index (χ1v) is 8.20. The lowest BCUT2D eigenvalue weighted by molar-refractivity contribution is 0.0962. The number of carbonyl (C=O) groups is 1. The molecule has 0 aliphatic carbocycles. The minimum Gasteiger partial charge on any atom is -0.393 e. The largest absolute Gasteiger partial charge is 0.393 e. The summed E-state index contributed by atoms with van der Waals surface area (Å²) in [6, 6.07) is 11.1. The zero-order chi connectivity index (χ0) is 19.4. The number of aromatic nitrogens is 2. The van der Waals surface area contributed by atoms with E-state index < -0.39 is 11.7 Å². The van der Waals surface area contributed by atoms with Crippen LogP contribution in [0.3, 0.4) is 0 Å². The summed E-state index contributed by atoms with van der Waals surface area (Å²) in [6.45, 7) is 4.05. The van der Waals surface area contributed by atoms with Crippen LogP contribution in [0.2, 0.25) is 0 Å². The maximum atomic E-state index is 12.9. The Bertz CT molecular complexity index is 974. The quantitative estimate of drug-likeness (QED) is 0.516. The molecule has 3 rings (SSSR count). The van der Waals surface area contributed by atoms with Crippen LogP contribution in [0.15, 0.2) is 48.8 Å². The highest BCUT2D eigenvalue weighted by Crippen LogP contribution is 2.26. The van der Waals surface area contributed by atoms with Gasteiger partial charge in [0.05, 0.1) is 0 Å². The van der Waals surface area contributed by atoms with Crippen molar-refractivity contribution in [3.05, 3.63) is 71.3 Å². The summed E-state index contributed by atoms with van der Waals surface area (Å²) in [7, 11) is 0. The van der Waals surface area contributed by atoms with Crippen LogP contribution in [0.25, 0.3) is 0 Å². The second-order valence-corrected chi connectivity index (χ2v) is 5.99. The fraction of sp³-hybridized carbons (Fsp3) is 0.105. The van der Waals surface area contributed by atoms with Gasteiger partial charge in [-0.3, -0.25) is 15.6 Å². The van der Waals surface area contributed by atoms with Gasteiger partial charge in [0.15, 0.2) is 11.6 Å². The lowest BCUT2D eigenvalue weighted by Gasteiger charge is -2.14. The third-order valence-electron chi connectivity index (χ3n) is 4.05. The van der Waals surface area contributed by atoms with Gasteiger partial charge in [-0.05, 0) is 61.4 Å². The summed E-state index contributed by atoms with van der Waals surface area (Å²) in [4.78, 5) is 20.3. The van der Waals surface area contributed by atoms with Gasteiger partial charge in [0.25, 0.3) is 5.91 Å². The number of hydrogen-bond acceptors (Lipinski definition) is 6. The Kier molecular flexibility index (Phi) is 5.16. The van der Waals surface area contributed by atoms with Crippen molar-refractivity contribution in [3.8, 4) is 0 Å². The van der Waals surface area contributed by atoms with Crippen LogP contribution in [-0.4, -0.2) is 15.9 Å². The summed E-state index contributed by atoms with van der Waals surface area (Å²) >= 11 is 0. The number of nitrogen functional groups attached to an aromatic ring is 1. The highest BCUT2D eigenvalue weighted by atomic mass is 19.1. The zero-order valence-corrected chi connectivity index (χ0v) is 14.9. The lowest BCUT2D eigenvalue weighted by atomic mass is 10.1. The summed E-state index contributed by atoms with van der Waals surface area (Å²) in [5, 5.41) is 3.14. The first kappa shape index (κ1) is 18.1. The summed E-state index contributed by atoms with van der Waals surface area (Å²) in [6.07, 6.45) is 1.33. The molecule has 1 heterocycles. The fourth-order valence-electron chi connectivity index (χ4n) is 2.34. The van der Waals surface area contributed by atoms with E-state index in [0.29, 0.717) is 11.4 Å². The van der Waals surface area contributed by atoms with Gasteiger partial charge in [0.2, 0.25) is 0 Å². The minimum absolute atomic E-state index is 0.242. The van der Waals surface area contributed by atoms with E-state index in [-0.39, 0.29) is 11.5 Å².